The second kappa shape index (κ2) is 2.96. The fourth-order valence-corrected chi connectivity index (χ4v) is 0.260. The maximum atomic E-state index is 10.3. The van der Waals surface area contributed by atoms with Crippen LogP contribution in [0, 0.1) is 0 Å². The number of amides is 2. The molecule has 0 bridgehead atoms. The average molecular weight is 130 g/mol. The van der Waals surface area contributed by atoms with E-state index >= 15 is 0 Å². The zero-order chi connectivity index (χ0) is 7.44. The molecular weight excluding hydrogens is 120 g/mol. The number of urea groups is 1. The number of hydrogen-bond donors (Lipinski definition) is 1. The van der Waals surface area contributed by atoms with Crippen molar-refractivity contribution in [3.8, 4) is 0 Å². The molecule has 0 rings (SSSR count). The number of ether oxygens (including phenoxy) is 1. The monoisotopic (exact) mass is 130 g/mol. The summed E-state index contributed by atoms with van der Waals surface area (Å²) < 4.78 is 4.60. The van der Waals surface area contributed by atoms with Gasteiger partial charge in [-0.05, 0) is 6.58 Å². The highest BCUT2D eigenvalue weighted by molar-refractivity contribution is 5.73. The summed E-state index contributed by atoms with van der Waals surface area (Å²) in [6.45, 7) is 3.40. The lowest BCUT2D eigenvalue weighted by molar-refractivity contribution is 0.175. The molecule has 0 aliphatic carbocycles. The van der Waals surface area contributed by atoms with Crippen LogP contribution in [0.2, 0.25) is 0 Å². The topological polar surface area (TPSA) is 55.6 Å². The van der Waals surface area contributed by atoms with E-state index in [0.29, 0.717) is 0 Å². The standard InChI is InChI=1S/C5H10N2O2/c1-4(9-3)7(2)5(6)8/h1H2,2-3H3,(H2,6,8). The van der Waals surface area contributed by atoms with Crippen molar-refractivity contribution in [1.82, 2.24) is 4.90 Å². The van der Waals surface area contributed by atoms with E-state index in [1.54, 1.807) is 0 Å². The zero-order valence-electron chi connectivity index (χ0n) is 5.55. The van der Waals surface area contributed by atoms with Gasteiger partial charge in [-0.15, -0.1) is 0 Å². The minimum Gasteiger partial charge on any atom is -0.482 e. The second-order valence-corrected chi connectivity index (χ2v) is 1.50. The van der Waals surface area contributed by atoms with Crippen molar-refractivity contribution in [3.63, 3.8) is 0 Å². The molecule has 0 atom stereocenters. The van der Waals surface area contributed by atoms with Gasteiger partial charge in [-0.3, -0.25) is 4.90 Å². The normalized spacial score (nSPS) is 8.22. The van der Waals surface area contributed by atoms with Crippen molar-refractivity contribution in [2.75, 3.05) is 14.2 Å². The summed E-state index contributed by atoms with van der Waals surface area (Å²) in [5.74, 6) is 0.238. The van der Waals surface area contributed by atoms with Gasteiger partial charge in [-0.2, -0.15) is 0 Å². The first-order chi connectivity index (χ1) is 4.09. The van der Waals surface area contributed by atoms with Crippen LogP contribution >= 0.6 is 0 Å². The van der Waals surface area contributed by atoms with E-state index in [9.17, 15) is 4.79 Å². The SMILES string of the molecule is C=C(OC)N(C)C(N)=O. The Balaban J connectivity index is 3.88. The van der Waals surface area contributed by atoms with Crippen molar-refractivity contribution >= 4 is 6.03 Å². The molecule has 0 radical (unpaired) electrons. The van der Waals surface area contributed by atoms with Gasteiger partial charge < -0.3 is 10.5 Å². The third kappa shape index (κ3) is 2.03. The van der Waals surface area contributed by atoms with Crippen molar-refractivity contribution in [2.45, 2.75) is 0 Å². The molecule has 9 heavy (non-hydrogen) atoms. The van der Waals surface area contributed by atoms with Crippen LogP contribution in [0.3, 0.4) is 0 Å². The van der Waals surface area contributed by atoms with Crippen LogP contribution in [0.1, 0.15) is 0 Å². The minimum absolute atomic E-state index is 0.238. The van der Waals surface area contributed by atoms with Crippen molar-refractivity contribution in [2.24, 2.45) is 5.73 Å². The highest BCUT2D eigenvalue weighted by Crippen LogP contribution is 1.95. The molecule has 0 fully saturated rings. The maximum Gasteiger partial charge on any atom is 0.321 e. The Kier molecular flexibility index (Phi) is 2.57. The van der Waals surface area contributed by atoms with E-state index in [2.05, 4.69) is 11.3 Å². The summed E-state index contributed by atoms with van der Waals surface area (Å²) in [7, 11) is 2.90. The van der Waals surface area contributed by atoms with Crippen LogP contribution in [0.4, 0.5) is 4.79 Å². The quantitative estimate of drug-likeness (QED) is 0.539. The number of nitrogens with two attached hydrogens (primary N) is 1. The fraction of sp³-hybridized carbons (Fsp3) is 0.400. The first-order valence-corrected chi connectivity index (χ1v) is 2.35. The van der Waals surface area contributed by atoms with Gasteiger partial charge in [0.25, 0.3) is 0 Å². The Labute approximate surface area is 53.9 Å². The van der Waals surface area contributed by atoms with Crippen LogP contribution in [0.5, 0.6) is 0 Å². The van der Waals surface area contributed by atoms with Gasteiger partial charge in [0.05, 0.1) is 7.11 Å². The van der Waals surface area contributed by atoms with Crippen LogP contribution < -0.4 is 5.73 Å². The predicted molar refractivity (Wildman–Crippen MR) is 33.5 cm³/mol. The first-order valence-electron chi connectivity index (χ1n) is 2.35. The smallest absolute Gasteiger partial charge is 0.321 e. The fourth-order valence-electron chi connectivity index (χ4n) is 0.260. The number of rotatable bonds is 2. The van der Waals surface area contributed by atoms with Gasteiger partial charge in [0.2, 0.25) is 0 Å². The number of methoxy groups -OCH3 is 1. The van der Waals surface area contributed by atoms with Crippen LogP contribution in [-0.2, 0) is 4.74 Å². The molecule has 2 amide bonds. The number of primary amides is 1. The molecule has 2 N–H and O–H groups in total. The molecule has 4 nitrogen and oxygen atoms in total. The zero-order valence-corrected chi connectivity index (χ0v) is 5.55. The van der Waals surface area contributed by atoms with Gasteiger partial charge in [0, 0.05) is 7.05 Å². The second-order valence-electron chi connectivity index (χ2n) is 1.50. The van der Waals surface area contributed by atoms with Crippen molar-refractivity contribution in [3.05, 3.63) is 12.5 Å². The summed E-state index contributed by atoms with van der Waals surface area (Å²) in [4.78, 5) is 11.4. The minimum atomic E-state index is -0.582. The third-order valence-corrected chi connectivity index (χ3v) is 0.940. The molecule has 0 aromatic heterocycles. The molecule has 0 aromatic carbocycles. The summed E-state index contributed by atoms with van der Waals surface area (Å²) in [5, 5.41) is 0. The predicted octanol–water partition coefficient (Wildman–Crippen LogP) is 0.115. The molecule has 0 spiro atoms. The Morgan fingerprint density at radius 2 is 2.22 bits per heavy atom. The Bertz CT molecular complexity index is 133. The van der Waals surface area contributed by atoms with Gasteiger partial charge in [-0.25, -0.2) is 4.79 Å². The maximum absolute atomic E-state index is 10.3. The van der Waals surface area contributed by atoms with E-state index in [4.69, 9.17) is 5.73 Å². The molecule has 0 saturated carbocycles. The van der Waals surface area contributed by atoms with Crippen molar-refractivity contribution < 1.29 is 9.53 Å². The van der Waals surface area contributed by atoms with Gasteiger partial charge in [-0.1, -0.05) is 0 Å². The first kappa shape index (κ1) is 7.81. The van der Waals surface area contributed by atoms with E-state index < -0.39 is 6.03 Å². The average Bonchev–Trinajstić information content (AvgIpc) is 1.84. The van der Waals surface area contributed by atoms with E-state index in [1.165, 1.54) is 14.2 Å². The van der Waals surface area contributed by atoms with Crippen LogP contribution in [-0.4, -0.2) is 25.1 Å². The largest absolute Gasteiger partial charge is 0.482 e. The third-order valence-electron chi connectivity index (χ3n) is 0.940. The molecule has 52 valence electrons. The van der Waals surface area contributed by atoms with Gasteiger partial charge >= 0.3 is 6.03 Å². The van der Waals surface area contributed by atoms with Gasteiger partial charge in [0.1, 0.15) is 0 Å². The van der Waals surface area contributed by atoms with Gasteiger partial charge in [0.15, 0.2) is 5.88 Å². The van der Waals surface area contributed by atoms with E-state index in [0.717, 1.165) is 4.90 Å². The Morgan fingerprint density at radius 1 is 1.78 bits per heavy atom. The Hall–Kier alpha value is -1.19. The molecule has 0 aromatic rings. The highest BCUT2D eigenvalue weighted by Gasteiger charge is 2.05. The summed E-state index contributed by atoms with van der Waals surface area (Å²) >= 11 is 0. The number of hydrogen-bond acceptors (Lipinski definition) is 2. The molecule has 0 aliphatic rings. The van der Waals surface area contributed by atoms with Crippen LogP contribution in [0.15, 0.2) is 12.5 Å². The van der Waals surface area contributed by atoms with Crippen molar-refractivity contribution in [1.29, 1.82) is 0 Å². The number of carbonyl (C=O) groups excluding carboxylic acids is 1. The molecular formula is C5H10N2O2. The summed E-state index contributed by atoms with van der Waals surface area (Å²) in [6.07, 6.45) is 0. The molecule has 0 heterocycles. The van der Waals surface area contributed by atoms with Crippen LogP contribution in [0.25, 0.3) is 0 Å². The number of nitrogens with zero attached hydrogens (tertiary/aromatic N) is 1. The number of carbonyl (C=O) groups is 1. The summed E-state index contributed by atoms with van der Waals surface area (Å²) in [6, 6.07) is -0.582. The molecule has 4 heteroatoms. The Morgan fingerprint density at radius 3 is 2.33 bits per heavy atom. The lowest BCUT2D eigenvalue weighted by atomic mass is 10.7. The lowest BCUT2D eigenvalue weighted by Gasteiger charge is -2.14. The van der Waals surface area contributed by atoms with E-state index in [-0.39, 0.29) is 5.88 Å². The summed E-state index contributed by atoms with van der Waals surface area (Å²) in [5.41, 5.74) is 4.86. The molecule has 0 unspecified atom stereocenters. The molecule has 0 saturated heterocycles. The van der Waals surface area contributed by atoms with E-state index in [1.807, 2.05) is 0 Å². The highest BCUT2D eigenvalue weighted by atomic mass is 16.5. The lowest BCUT2D eigenvalue weighted by Crippen LogP contribution is -2.31. The molecule has 0 aliphatic heterocycles.